The van der Waals surface area contributed by atoms with Crippen LogP contribution in [0.3, 0.4) is 0 Å². The molecule has 5 heteroatoms. The van der Waals surface area contributed by atoms with E-state index in [1.165, 1.54) is 0 Å². The number of carbonyl (C=O) groups is 2. The molecule has 4 nitrogen and oxygen atoms in total. The van der Waals surface area contributed by atoms with Gasteiger partial charge in [0.2, 0.25) is 0 Å². The predicted molar refractivity (Wildman–Crippen MR) is 56.3 cm³/mol. The number of carboxylic acids is 2. The molecule has 0 bridgehead atoms. The van der Waals surface area contributed by atoms with E-state index in [1.54, 1.807) is 0 Å². The van der Waals surface area contributed by atoms with E-state index in [4.69, 9.17) is 10.2 Å². The minimum Gasteiger partial charge on any atom is -0.480 e. The Kier molecular flexibility index (Phi) is 6.46. The van der Waals surface area contributed by atoms with Gasteiger partial charge in [0.1, 0.15) is 0 Å². The van der Waals surface area contributed by atoms with E-state index in [0.29, 0.717) is 0 Å². The molecule has 0 amide bonds. The van der Waals surface area contributed by atoms with Crippen LogP contribution in [0.1, 0.15) is 26.7 Å². The lowest BCUT2D eigenvalue weighted by Crippen LogP contribution is -2.29. The van der Waals surface area contributed by atoms with Crippen molar-refractivity contribution in [2.24, 2.45) is 0 Å². The van der Waals surface area contributed by atoms with Crippen LogP contribution in [0, 0.1) is 0 Å². The van der Waals surface area contributed by atoms with E-state index in [1.807, 2.05) is 13.8 Å². The lowest BCUT2D eigenvalue weighted by molar-refractivity contribution is -0.146. The maximum absolute atomic E-state index is 10.8. The van der Waals surface area contributed by atoms with E-state index >= 15 is 0 Å². The summed E-state index contributed by atoms with van der Waals surface area (Å²) in [5.74, 6) is -2.38. The van der Waals surface area contributed by atoms with Crippen molar-refractivity contribution in [1.82, 2.24) is 0 Å². The molecule has 0 aliphatic rings. The van der Waals surface area contributed by atoms with Gasteiger partial charge in [-0.15, -0.1) is 0 Å². The van der Waals surface area contributed by atoms with Crippen molar-refractivity contribution >= 4 is 19.9 Å². The molecule has 0 fully saturated rings. The number of aliphatic carboxylic acids is 2. The average Bonchev–Trinajstić information content (AvgIpc) is 2.03. The molecule has 0 unspecified atom stereocenters. The third kappa shape index (κ3) is 4.05. The van der Waals surface area contributed by atoms with E-state index < -0.39 is 25.5 Å². The van der Waals surface area contributed by atoms with E-state index in [0.717, 1.165) is 25.2 Å². The Labute approximate surface area is 85.1 Å². The average molecular weight is 220 g/mol. The highest BCUT2D eigenvalue weighted by molar-refractivity contribution is 7.60. The third-order valence-corrected chi connectivity index (χ3v) is 5.07. The maximum Gasteiger partial charge on any atom is 0.322 e. The molecule has 0 saturated heterocycles. The summed E-state index contributed by atoms with van der Waals surface area (Å²) in [5.41, 5.74) is -1.18. The highest BCUT2D eigenvalue weighted by Crippen LogP contribution is 2.42. The van der Waals surface area contributed by atoms with Gasteiger partial charge in [-0.3, -0.25) is 9.59 Å². The Bertz CT molecular complexity index is 185. The molecule has 0 aliphatic heterocycles. The summed E-state index contributed by atoms with van der Waals surface area (Å²) in [6.07, 6.45) is 3.16. The number of hydrogen-bond acceptors (Lipinski definition) is 2. The Balaban J connectivity index is 4.54. The van der Waals surface area contributed by atoms with Gasteiger partial charge < -0.3 is 10.2 Å². The van der Waals surface area contributed by atoms with E-state index in [-0.39, 0.29) is 0 Å². The van der Waals surface area contributed by atoms with Gasteiger partial charge in [0.15, 0.2) is 5.66 Å². The summed E-state index contributed by atoms with van der Waals surface area (Å²) in [5, 5.41) is 17.6. The lowest BCUT2D eigenvalue weighted by Gasteiger charge is -2.20. The third-order valence-electron chi connectivity index (χ3n) is 1.85. The van der Waals surface area contributed by atoms with Crippen LogP contribution in [0.5, 0.6) is 0 Å². The first kappa shape index (κ1) is 13.4. The first-order valence-electron chi connectivity index (χ1n) is 4.74. The summed E-state index contributed by atoms with van der Waals surface area (Å²) in [6.45, 7) is 3.90. The minimum atomic E-state index is -1.19. The standard InChI is InChI=1S/C9H17O4P/c1-3-5-14(6-4-2)7(8(10)11)9(12)13/h7H,3-6H2,1-2H3,(H,10,11)(H,12,13). The van der Waals surface area contributed by atoms with Crippen LogP contribution in [-0.2, 0) is 9.59 Å². The number of hydrogen-bond donors (Lipinski definition) is 2. The summed E-state index contributed by atoms with van der Waals surface area (Å²) < 4.78 is 0. The molecular formula is C9H17O4P. The molecule has 0 aromatic rings. The first-order valence-corrected chi connectivity index (χ1v) is 6.52. The Morgan fingerprint density at radius 2 is 1.43 bits per heavy atom. The molecule has 14 heavy (non-hydrogen) atoms. The first-order chi connectivity index (χ1) is 6.54. The van der Waals surface area contributed by atoms with Crippen LogP contribution < -0.4 is 0 Å². The molecule has 0 radical (unpaired) electrons. The zero-order valence-electron chi connectivity index (χ0n) is 8.56. The molecule has 0 aliphatic carbocycles. The van der Waals surface area contributed by atoms with Crippen molar-refractivity contribution in [2.45, 2.75) is 32.3 Å². The molecule has 0 spiro atoms. The highest BCUT2D eigenvalue weighted by atomic mass is 31.1. The molecule has 2 N–H and O–H groups in total. The van der Waals surface area contributed by atoms with Gasteiger partial charge in [-0.05, 0) is 12.3 Å². The molecule has 0 rings (SSSR count). The van der Waals surface area contributed by atoms with Gasteiger partial charge in [-0.2, -0.15) is 0 Å². The second-order valence-corrected chi connectivity index (χ2v) is 5.70. The summed E-state index contributed by atoms with van der Waals surface area (Å²) in [4.78, 5) is 21.5. The van der Waals surface area contributed by atoms with Gasteiger partial charge in [-0.1, -0.05) is 34.6 Å². The van der Waals surface area contributed by atoms with E-state index in [9.17, 15) is 9.59 Å². The van der Waals surface area contributed by atoms with Gasteiger partial charge >= 0.3 is 11.9 Å². The fourth-order valence-electron chi connectivity index (χ4n) is 1.36. The largest absolute Gasteiger partial charge is 0.480 e. The van der Waals surface area contributed by atoms with Crippen molar-refractivity contribution in [2.75, 3.05) is 12.3 Å². The SMILES string of the molecule is CCCP(CCC)C(C(=O)O)C(=O)O. The van der Waals surface area contributed by atoms with Crippen LogP contribution in [0.2, 0.25) is 0 Å². The smallest absolute Gasteiger partial charge is 0.322 e. The zero-order valence-corrected chi connectivity index (χ0v) is 9.46. The second-order valence-electron chi connectivity index (χ2n) is 3.11. The fraction of sp³-hybridized carbons (Fsp3) is 0.778. The van der Waals surface area contributed by atoms with Crippen molar-refractivity contribution < 1.29 is 19.8 Å². The molecule has 0 saturated carbocycles. The van der Waals surface area contributed by atoms with Crippen LogP contribution in [0.4, 0.5) is 0 Å². The number of carboxylic acid groups (broad SMARTS) is 2. The van der Waals surface area contributed by atoms with E-state index in [2.05, 4.69) is 0 Å². The topological polar surface area (TPSA) is 74.6 Å². The highest BCUT2D eigenvalue weighted by Gasteiger charge is 2.33. The summed E-state index contributed by atoms with van der Waals surface area (Å²) in [6, 6.07) is 0. The second kappa shape index (κ2) is 6.77. The van der Waals surface area contributed by atoms with Crippen LogP contribution in [-0.4, -0.2) is 40.1 Å². The Hall–Kier alpha value is -0.630. The van der Waals surface area contributed by atoms with Gasteiger partial charge in [-0.25, -0.2) is 0 Å². The minimum absolute atomic E-state index is 0.729. The molecule has 0 aromatic heterocycles. The zero-order chi connectivity index (χ0) is 11.1. The molecule has 82 valence electrons. The Morgan fingerprint density at radius 3 is 1.64 bits per heavy atom. The maximum atomic E-state index is 10.8. The Morgan fingerprint density at radius 1 is 1.07 bits per heavy atom. The van der Waals surface area contributed by atoms with Gasteiger partial charge in [0.05, 0.1) is 0 Å². The van der Waals surface area contributed by atoms with Crippen molar-refractivity contribution in [3.05, 3.63) is 0 Å². The van der Waals surface area contributed by atoms with Crippen molar-refractivity contribution in [3.63, 3.8) is 0 Å². The quantitative estimate of drug-likeness (QED) is 0.507. The summed E-state index contributed by atoms with van der Waals surface area (Å²) >= 11 is 0. The summed E-state index contributed by atoms with van der Waals surface area (Å²) in [7, 11) is -0.902. The molecule has 0 atom stereocenters. The van der Waals surface area contributed by atoms with Crippen LogP contribution >= 0.6 is 7.92 Å². The normalized spacial score (nSPS) is 10.9. The molecular weight excluding hydrogens is 203 g/mol. The molecule has 0 heterocycles. The van der Waals surface area contributed by atoms with Crippen LogP contribution in [0.15, 0.2) is 0 Å². The fourth-order valence-corrected chi connectivity index (χ4v) is 3.88. The van der Waals surface area contributed by atoms with Gasteiger partial charge in [0.25, 0.3) is 0 Å². The van der Waals surface area contributed by atoms with Crippen molar-refractivity contribution in [3.8, 4) is 0 Å². The van der Waals surface area contributed by atoms with Crippen LogP contribution in [0.25, 0.3) is 0 Å². The molecule has 0 aromatic carbocycles. The predicted octanol–water partition coefficient (Wildman–Crippen LogP) is 1.83. The van der Waals surface area contributed by atoms with Gasteiger partial charge in [0, 0.05) is 0 Å². The van der Waals surface area contributed by atoms with Crippen molar-refractivity contribution in [1.29, 1.82) is 0 Å². The monoisotopic (exact) mass is 220 g/mol. The number of rotatable bonds is 7. The lowest BCUT2D eigenvalue weighted by atomic mass is 10.4.